The molecule has 0 radical (unpaired) electrons. The number of halogens is 2. The fourth-order valence-corrected chi connectivity index (χ4v) is 3.60. The number of hydrogen-bond acceptors (Lipinski definition) is 4. The summed E-state index contributed by atoms with van der Waals surface area (Å²) >= 11 is 13.4. The molecule has 1 aromatic heterocycles. The van der Waals surface area contributed by atoms with Crippen LogP contribution in [-0.4, -0.2) is 24.1 Å². The first-order valence-corrected chi connectivity index (χ1v) is 9.45. The second-order valence-corrected chi connectivity index (χ2v) is 8.00. The van der Waals surface area contributed by atoms with E-state index >= 15 is 0 Å². The van der Waals surface area contributed by atoms with Gasteiger partial charge in [-0.2, -0.15) is 0 Å². The molecule has 0 aliphatic carbocycles. The zero-order valence-corrected chi connectivity index (χ0v) is 16.6. The van der Waals surface area contributed by atoms with Crippen LogP contribution in [0.3, 0.4) is 0 Å². The molecule has 26 heavy (non-hydrogen) atoms. The number of amides is 2. The third kappa shape index (κ3) is 5.83. The van der Waals surface area contributed by atoms with Crippen molar-refractivity contribution in [1.29, 1.82) is 0 Å². The summed E-state index contributed by atoms with van der Waals surface area (Å²) in [6, 6.07) is 6.53. The molecule has 8 heteroatoms. The highest BCUT2D eigenvalue weighted by Crippen LogP contribution is 2.25. The fraction of sp³-hybridized carbons (Fsp3) is 0.278. The molecule has 0 aliphatic rings. The molecule has 138 valence electrons. The highest BCUT2D eigenvalue weighted by Gasteiger charge is 2.14. The summed E-state index contributed by atoms with van der Waals surface area (Å²) in [4.78, 5) is 37.9. The maximum Gasteiger partial charge on any atom is 0.243 e. The molecule has 5 nitrogen and oxygen atoms in total. The molecule has 1 aromatic carbocycles. The van der Waals surface area contributed by atoms with Crippen LogP contribution in [0.5, 0.6) is 0 Å². The Labute approximate surface area is 165 Å². The van der Waals surface area contributed by atoms with Crippen LogP contribution in [0.2, 0.25) is 10.0 Å². The minimum atomic E-state index is -0.432. The Balaban J connectivity index is 1.77. The lowest BCUT2D eigenvalue weighted by molar-refractivity contribution is -0.124. The lowest BCUT2D eigenvalue weighted by Gasteiger charge is -2.08. The largest absolute Gasteiger partial charge is 0.347 e. The predicted molar refractivity (Wildman–Crippen MR) is 105 cm³/mol. The van der Waals surface area contributed by atoms with Gasteiger partial charge in [-0.1, -0.05) is 23.2 Å². The molecule has 2 N–H and O–H groups in total. The van der Waals surface area contributed by atoms with Gasteiger partial charge in [-0.05, 0) is 38.1 Å². The van der Waals surface area contributed by atoms with Gasteiger partial charge in [0.1, 0.15) is 0 Å². The van der Waals surface area contributed by atoms with Crippen LogP contribution in [0.15, 0.2) is 24.3 Å². The first kappa shape index (κ1) is 20.4. The minimum absolute atomic E-state index is 0.0262. The zero-order valence-electron chi connectivity index (χ0n) is 14.3. The second-order valence-electron chi connectivity index (χ2n) is 5.70. The first-order valence-electron chi connectivity index (χ1n) is 7.88. The molecule has 0 saturated carbocycles. The minimum Gasteiger partial charge on any atom is -0.347 e. The van der Waals surface area contributed by atoms with E-state index in [0.717, 1.165) is 9.75 Å². The molecule has 1 heterocycles. The predicted octanol–water partition coefficient (Wildman–Crippen LogP) is 4.39. The molecule has 0 fully saturated rings. The van der Waals surface area contributed by atoms with E-state index in [4.69, 9.17) is 23.2 Å². The van der Waals surface area contributed by atoms with Crippen molar-refractivity contribution >= 4 is 57.8 Å². The van der Waals surface area contributed by atoms with Crippen molar-refractivity contribution in [2.75, 3.05) is 11.9 Å². The number of carbonyl (C=O) groups excluding carboxylic acids is 3. The van der Waals surface area contributed by atoms with Crippen LogP contribution < -0.4 is 10.6 Å². The van der Waals surface area contributed by atoms with Gasteiger partial charge in [0.05, 0.1) is 17.3 Å². The third-order valence-corrected chi connectivity index (χ3v) is 5.10. The number of thiophene rings is 1. The average Bonchev–Trinajstić information content (AvgIpc) is 2.92. The van der Waals surface area contributed by atoms with E-state index in [9.17, 15) is 14.4 Å². The van der Waals surface area contributed by atoms with E-state index in [-0.39, 0.29) is 31.1 Å². The van der Waals surface area contributed by atoms with E-state index in [0.29, 0.717) is 21.3 Å². The summed E-state index contributed by atoms with van der Waals surface area (Å²) in [5.41, 5.74) is 1.03. The van der Waals surface area contributed by atoms with Crippen LogP contribution in [0, 0.1) is 13.8 Å². The number of rotatable bonds is 7. The first-order chi connectivity index (χ1) is 12.3. The van der Waals surface area contributed by atoms with Gasteiger partial charge in [0.25, 0.3) is 0 Å². The number of Topliss-reactive ketones (excluding diaryl/α,β-unsaturated/α-hetero) is 1. The van der Waals surface area contributed by atoms with Crippen molar-refractivity contribution in [3.8, 4) is 0 Å². The normalized spacial score (nSPS) is 10.5. The number of aryl methyl sites for hydroxylation is 2. The summed E-state index contributed by atoms with van der Waals surface area (Å²) in [6.07, 6.45) is 0.128. The second kappa shape index (κ2) is 9.16. The molecule has 0 atom stereocenters. The topological polar surface area (TPSA) is 75.3 Å². The Morgan fingerprint density at radius 2 is 1.77 bits per heavy atom. The molecule has 2 rings (SSSR count). The van der Waals surface area contributed by atoms with Gasteiger partial charge >= 0.3 is 0 Å². The molecule has 2 amide bonds. The maximum absolute atomic E-state index is 12.2. The van der Waals surface area contributed by atoms with Crippen LogP contribution >= 0.6 is 34.5 Å². The number of carbonyl (C=O) groups is 3. The third-order valence-electron chi connectivity index (χ3n) is 3.57. The Morgan fingerprint density at radius 3 is 2.42 bits per heavy atom. The van der Waals surface area contributed by atoms with Crippen molar-refractivity contribution < 1.29 is 14.4 Å². The summed E-state index contributed by atoms with van der Waals surface area (Å²) in [6.45, 7) is 3.61. The monoisotopic (exact) mass is 412 g/mol. The van der Waals surface area contributed by atoms with Crippen molar-refractivity contribution in [2.45, 2.75) is 26.7 Å². The Morgan fingerprint density at radius 1 is 1.04 bits per heavy atom. The van der Waals surface area contributed by atoms with Gasteiger partial charge in [0.2, 0.25) is 11.8 Å². The van der Waals surface area contributed by atoms with Gasteiger partial charge in [-0.25, -0.2) is 0 Å². The van der Waals surface area contributed by atoms with Crippen molar-refractivity contribution in [2.24, 2.45) is 0 Å². The maximum atomic E-state index is 12.2. The van der Waals surface area contributed by atoms with Crippen molar-refractivity contribution in [3.05, 3.63) is 49.6 Å². The lowest BCUT2D eigenvalue weighted by atomic mass is 10.1. The van der Waals surface area contributed by atoms with Gasteiger partial charge in [0, 0.05) is 33.2 Å². The number of anilines is 1. The van der Waals surface area contributed by atoms with Crippen LogP contribution in [0.25, 0.3) is 0 Å². The lowest BCUT2D eigenvalue weighted by Crippen LogP contribution is -2.33. The average molecular weight is 413 g/mol. The summed E-state index contributed by atoms with van der Waals surface area (Å²) in [5.74, 6) is -0.870. The summed E-state index contributed by atoms with van der Waals surface area (Å²) in [5, 5.41) is 5.84. The molecule has 0 aliphatic heterocycles. The molecule has 0 bridgehead atoms. The SMILES string of the molecule is Cc1cc(C(=O)CCC(=O)NCC(=O)Nc2cc(Cl)ccc2Cl)c(C)s1. The van der Waals surface area contributed by atoms with Gasteiger partial charge < -0.3 is 10.6 Å². The highest BCUT2D eigenvalue weighted by molar-refractivity contribution is 7.12. The van der Waals surface area contributed by atoms with Crippen molar-refractivity contribution in [3.63, 3.8) is 0 Å². The number of nitrogens with one attached hydrogen (secondary N) is 2. The zero-order chi connectivity index (χ0) is 19.3. The number of ketones is 1. The highest BCUT2D eigenvalue weighted by atomic mass is 35.5. The van der Waals surface area contributed by atoms with Crippen LogP contribution in [0.1, 0.15) is 33.0 Å². The standard InChI is InChI=1S/C18H18Cl2N2O3S/c1-10-7-13(11(2)26-10)16(23)5-6-17(24)21-9-18(25)22-15-8-12(19)3-4-14(15)20/h3-4,7-8H,5-6,9H2,1-2H3,(H,21,24)(H,22,25). The van der Waals surface area contributed by atoms with Crippen LogP contribution in [-0.2, 0) is 9.59 Å². The molecule has 0 spiro atoms. The smallest absolute Gasteiger partial charge is 0.243 e. The van der Waals surface area contributed by atoms with Crippen LogP contribution in [0.4, 0.5) is 5.69 Å². The Kier molecular flexibility index (Phi) is 7.20. The quantitative estimate of drug-likeness (QED) is 0.662. The molecule has 0 unspecified atom stereocenters. The van der Waals surface area contributed by atoms with E-state index in [2.05, 4.69) is 10.6 Å². The molecule has 0 saturated heterocycles. The van der Waals surface area contributed by atoms with E-state index in [1.165, 1.54) is 6.07 Å². The van der Waals surface area contributed by atoms with Crippen molar-refractivity contribution in [1.82, 2.24) is 5.32 Å². The van der Waals surface area contributed by atoms with E-state index in [1.807, 2.05) is 19.9 Å². The van der Waals surface area contributed by atoms with E-state index < -0.39 is 5.91 Å². The fourth-order valence-electron chi connectivity index (χ4n) is 2.32. The van der Waals surface area contributed by atoms with Gasteiger partial charge in [0.15, 0.2) is 5.78 Å². The summed E-state index contributed by atoms with van der Waals surface area (Å²) in [7, 11) is 0. The number of hydrogen-bond donors (Lipinski definition) is 2. The Bertz CT molecular complexity index is 849. The molecular weight excluding hydrogens is 395 g/mol. The molecular formula is C18H18Cl2N2O3S. The van der Waals surface area contributed by atoms with E-state index in [1.54, 1.807) is 23.5 Å². The summed E-state index contributed by atoms with van der Waals surface area (Å²) < 4.78 is 0. The number of benzene rings is 1. The molecule has 2 aromatic rings. The van der Waals surface area contributed by atoms with Gasteiger partial charge in [-0.3, -0.25) is 14.4 Å². The Hall–Kier alpha value is -1.89. The van der Waals surface area contributed by atoms with Gasteiger partial charge in [-0.15, -0.1) is 11.3 Å².